The minimum absolute atomic E-state index is 0.260. The van der Waals surface area contributed by atoms with E-state index in [9.17, 15) is 18.8 Å². The molecular weight excluding hydrogens is 411 g/mol. The molecule has 1 aliphatic heterocycles. The molecule has 0 radical (unpaired) electrons. The summed E-state index contributed by atoms with van der Waals surface area (Å²) >= 11 is 0.843. The van der Waals surface area contributed by atoms with E-state index in [0.717, 1.165) is 16.7 Å². The molecule has 3 amide bonds. The average Bonchev–Trinajstić information content (AvgIpc) is 3.00. The van der Waals surface area contributed by atoms with Crippen LogP contribution in [0.4, 0.5) is 14.9 Å². The number of rotatable bonds is 7. The number of hydrogen-bond acceptors (Lipinski definition) is 6. The fraction of sp³-hybridized carbons (Fsp3) is 0.190. The van der Waals surface area contributed by atoms with Crippen molar-refractivity contribution in [2.45, 2.75) is 6.92 Å². The predicted octanol–water partition coefficient (Wildman–Crippen LogP) is 3.91. The summed E-state index contributed by atoms with van der Waals surface area (Å²) in [6, 6.07) is 10.4. The first-order valence-corrected chi connectivity index (χ1v) is 9.85. The second-order valence-electron chi connectivity index (χ2n) is 6.15. The number of benzene rings is 2. The minimum Gasteiger partial charge on any atom is -0.493 e. The highest BCUT2D eigenvalue weighted by Gasteiger charge is 2.34. The van der Waals surface area contributed by atoms with Crippen LogP contribution in [0.25, 0.3) is 6.08 Å². The molecule has 0 aliphatic carbocycles. The van der Waals surface area contributed by atoms with Gasteiger partial charge in [-0.3, -0.25) is 19.3 Å². The first-order valence-electron chi connectivity index (χ1n) is 9.03. The van der Waals surface area contributed by atoms with Crippen LogP contribution < -0.4 is 14.8 Å². The molecule has 30 heavy (non-hydrogen) atoms. The van der Waals surface area contributed by atoms with Crippen molar-refractivity contribution in [1.29, 1.82) is 0 Å². The van der Waals surface area contributed by atoms with Crippen LogP contribution in [0.2, 0.25) is 0 Å². The molecule has 0 unspecified atom stereocenters. The Labute approximate surface area is 176 Å². The second kappa shape index (κ2) is 9.45. The van der Waals surface area contributed by atoms with Gasteiger partial charge in [-0.2, -0.15) is 0 Å². The van der Waals surface area contributed by atoms with Gasteiger partial charge in [0, 0.05) is 17.8 Å². The molecule has 1 aliphatic rings. The topological polar surface area (TPSA) is 84.9 Å². The van der Waals surface area contributed by atoms with Crippen molar-refractivity contribution in [3.05, 3.63) is 58.8 Å². The molecule has 0 saturated carbocycles. The number of amides is 3. The van der Waals surface area contributed by atoms with Gasteiger partial charge >= 0.3 is 0 Å². The van der Waals surface area contributed by atoms with E-state index in [1.807, 2.05) is 0 Å². The third-order valence-corrected chi connectivity index (χ3v) is 5.09. The molecule has 0 aromatic heterocycles. The number of hydrogen-bond donors (Lipinski definition) is 1. The van der Waals surface area contributed by atoms with Crippen LogP contribution in [0, 0.1) is 5.82 Å². The molecule has 2 aromatic rings. The molecule has 0 spiro atoms. The maximum Gasteiger partial charge on any atom is 0.293 e. The molecular formula is C21H19FN2O5S. The van der Waals surface area contributed by atoms with E-state index in [-0.39, 0.29) is 35.0 Å². The van der Waals surface area contributed by atoms with Gasteiger partial charge in [0.2, 0.25) is 0 Å². The molecule has 0 bridgehead atoms. The number of carbonyl (C=O) groups is 3. The standard InChI is InChI=1S/C21H19FN2O5S/c1-3-24-20(26)17(30-21(24)27)11-13-5-4-6-16(28-2)19(13)29-12-18(25)23-15-9-7-14(22)8-10-15/h4-11H,3,12H2,1-2H3,(H,23,25). The van der Waals surface area contributed by atoms with Crippen LogP contribution in [-0.2, 0) is 9.59 Å². The van der Waals surface area contributed by atoms with E-state index in [0.29, 0.717) is 17.0 Å². The van der Waals surface area contributed by atoms with Gasteiger partial charge in [0.1, 0.15) is 5.82 Å². The fourth-order valence-corrected chi connectivity index (χ4v) is 3.64. The highest BCUT2D eigenvalue weighted by atomic mass is 32.2. The molecule has 9 heteroatoms. The van der Waals surface area contributed by atoms with Crippen LogP contribution in [-0.4, -0.2) is 42.2 Å². The summed E-state index contributed by atoms with van der Waals surface area (Å²) in [6.45, 7) is 1.67. The number of ether oxygens (including phenoxy) is 2. The van der Waals surface area contributed by atoms with Crippen molar-refractivity contribution in [3.8, 4) is 11.5 Å². The Balaban J connectivity index is 1.78. The van der Waals surface area contributed by atoms with Crippen molar-refractivity contribution >= 4 is 40.6 Å². The number of methoxy groups -OCH3 is 1. The summed E-state index contributed by atoms with van der Waals surface area (Å²) in [4.78, 5) is 37.9. The zero-order chi connectivity index (χ0) is 21.7. The summed E-state index contributed by atoms with van der Waals surface area (Å²) in [5, 5.41) is 2.26. The summed E-state index contributed by atoms with van der Waals surface area (Å²) < 4.78 is 24.0. The van der Waals surface area contributed by atoms with Crippen molar-refractivity contribution in [2.75, 3.05) is 25.6 Å². The van der Waals surface area contributed by atoms with Gasteiger partial charge in [-0.15, -0.1) is 0 Å². The monoisotopic (exact) mass is 430 g/mol. The van der Waals surface area contributed by atoms with Gasteiger partial charge in [-0.05, 0) is 55.1 Å². The molecule has 0 atom stereocenters. The minimum atomic E-state index is -0.454. The third-order valence-electron chi connectivity index (χ3n) is 4.18. The highest BCUT2D eigenvalue weighted by Crippen LogP contribution is 2.37. The molecule has 3 rings (SSSR count). The lowest BCUT2D eigenvalue weighted by molar-refractivity contribution is -0.122. The van der Waals surface area contributed by atoms with Crippen molar-refractivity contribution in [2.24, 2.45) is 0 Å². The third kappa shape index (κ3) is 4.80. The lowest BCUT2D eigenvalue weighted by atomic mass is 10.1. The largest absolute Gasteiger partial charge is 0.493 e. The van der Waals surface area contributed by atoms with Gasteiger partial charge in [-0.25, -0.2) is 4.39 Å². The van der Waals surface area contributed by atoms with E-state index in [2.05, 4.69) is 5.32 Å². The molecule has 156 valence electrons. The Bertz CT molecular complexity index is 1010. The summed E-state index contributed by atoms with van der Waals surface area (Å²) in [5.41, 5.74) is 0.920. The van der Waals surface area contributed by atoms with E-state index in [1.165, 1.54) is 37.5 Å². The fourth-order valence-electron chi connectivity index (χ4n) is 2.74. The number of para-hydroxylation sites is 1. The average molecular weight is 430 g/mol. The number of thioether (sulfide) groups is 1. The van der Waals surface area contributed by atoms with E-state index >= 15 is 0 Å². The highest BCUT2D eigenvalue weighted by molar-refractivity contribution is 8.18. The maximum atomic E-state index is 13.0. The SMILES string of the molecule is CCN1C(=O)SC(=Cc2cccc(OC)c2OCC(=O)Nc2ccc(F)cc2)C1=O. The zero-order valence-corrected chi connectivity index (χ0v) is 17.1. The number of nitrogens with zero attached hydrogens (tertiary/aromatic N) is 1. The number of anilines is 1. The number of imide groups is 1. The second-order valence-corrected chi connectivity index (χ2v) is 7.14. The van der Waals surface area contributed by atoms with E-state index in [1.54, 1.807) is 25.1 Å². The first-order chi connectivity index (χ1) is 14.4. The van der Waals surface area contributed by atoms with Crippen molar-refractivity contribution < 1.29 is 28.2 Å². The first kappa shape index (κ1) is 21.4. The molecule has 1 fully saturated rings. The maximum absolute atomic E-state index is 13.0. The molecule has 1 N–H and O–H groups in total. The summed E-state index contributed by atoms with van der Waals surface area (Å²) in [6.07, 6.45) is 1.54. The molecule has 2 aromatic carbocycles. The van der Waals surface area contributed by atoms with Crippen molar-refractivity contribution in [3.63, 3.8) is 0 Å². The summed E-state index contributed by atoms with van der Waals surface area (Å²) in [5.74, 6) is -0.610. The van der Waals surface area contributed by atoms with Gasteiger partial charge in [0.25, 0.3) is 17.1 Å². The normalized spacial score (nSPS) is 14.9. The van der Waals surface area contributed by atoms with Crippen LogP contribution in [0.1, 0.15) is 12.5 Å². The zero-order valence-electron chi connectivity index (χ0n) is 16.3. The van der Waals surface area contributed by atoms with Gasteiger partial charge in [-0.1, -0.05) is 12.1 Å². The Morgan fingerprint density at radius 3 is 2.57 bits per heavy atom. The van der Waals surface area contributed by atoms with Gasteiger partial charge < -0.3 is 14.8 Å². The molecule has 7 nitrogen and oxygen atoms in total. The van der Waals surface area contributed by atoms with E-state index in [4.69, 9.17) is 9.47 Å². The number of halogens is 1. The van der Waals surface area contributed by atoms with Crippen LogP contribution >= 0.6 is 11.8 Å². The Kier molecular flexibility index (Phi) is 6.73. The summed E-state index contributed by atoms with van der Waals surface area (Å²) in [7, 11) is 1.45. The lowest BCUT2D eigenvalue weighted by Crippen LogP contribution is -2.27. The van der Waals surface area contributed by atoms with Crippen LogP contribution in [0.3, 0.4) is 0 Å². The molecule has 1 heterocycles. The Morgan fingerprint density at radius 1 is 1.20 bits per heavy atom. The number of carbonyl (C=O) groups excluding carboxylic acids is 3. The molecule has 1 saturated heterocycles. The lowest BCUT2D eigenvalue weighted by Gasteiger charge is -2.14. The van der Waals surface area contributed by atoms with Crippen molar-refractivity contribution in [1.82, 2.24) is 4.90 Å². The number of likely N-dealkylation sites (N-methyl/N-ethyl adjacent to an activating group) is 1. The quantitative estimate of drug-likeness (QED) is 0.671. The Morgan fingerprint density at radius 2 is 1.93 bits per heavy atom. The van der Waals surface area contributed by atoms with E-state index < -0.39 is 11.7 Å². The predicted molar refractivity (Wildman–Crippen MR) is 112 cm³/mol. The van der Waals surface area contributed by atoms with Crippen LogP contribution in [0.5, 0.6) is 11.5 Å². The Hall–Kier alpha value is -3.33. The number of nitrogens with one attached hydrogen (secondary N) is 1. The smallest absolute Gasteiger partial charge is 0.293 e. The van der Waals surface area contributed by atoms with Gasteiger partial charge in [0.15, 0.2) is 18.1 Å². The van der Waals surface area contributed by atoms with Gasteiger partial charge in [0.05, 0.1) is 12.0 Å². The van der Waals surface area contributed by atoms with Crippen LogP contribution in [0.15, 0.2) is 47.4 Å².